The molecule has 6 heteroatoms. The summed E-state index contributed by atoms with van der Waals surface area (Å²) < 4.78 is 3.26. The average Bonchev–Trinajstić information content (AvgIpc) is 2.89. The van der Waals surface area contributed by atoms with E-state index in [-0.39, 0.29) is 18.0 Å². The lowest BCUT2D eigenvalue weighted by molar-refractivity contribution is -0.116. The molecule has 0 saturated carbocycles. The minimum atomic E-state index is -0.106. The van der Waals surface area contributed by atoms with Crippen LogP contribution in [0.25, 0.3) is 11.0 Å². The van der Waals surface area contributed by atoms with Crippen molar-refractivity contribution in [3.8, 4) is 0 Å². The third-order valence-corrected chi connectivity index (χ3v) is 4.40. The number of hydrogen-bond acceptors (Lipinski definition) is 3. The Hall–Kier alpha value is -2.86. The number of fused-ring (bicyclic) bond motifs is 1. The number of rotatable bonds is 7. The highest BCUT2D eigenvalue weighted by atomic mass is 16.2. The fourth-order valence-electron chi connectivity index (χ4n) is 3.04. The number of imidazole rings is 1. The molecule has 3 rings (SSSR count). The zero-order valence-electron chi connectivity index (χ0n) is 15.2. The van der Waals surface area contributed by atoms with Gasteiger partial charge in [-0.25, -0.2) is 4.79 Å². The van der Waals surface area contributed by atoms with Crippen LogP contribution in [0.15, 0.2) is 53.3 Å². The van der Waals surface area contributed by atoms with Gasteiger partial charge in [0, 0.05) is 32.2 Å². The molecule has 2 aromatic carbocycles. The van der Waals surface area contributed by atoms with E-state index in [2.05, 4.69) is 17.6 Å². The maximum Gasteiger partial charge on any atom is 0.328 e. The zero-order chi connectivity index (χ0) is 18.5. The molecule has 3 aromatic rings. The van der Waals surface area contributed by atoms with E-state index in [4.69, 9.17) is 0 Å². The van der Waals surface area contributed by atoms with E-state index in [1.807, 2.05) is 48.5 Å². The highest BCUT2D eigenvalue weighted by Gasteiger charge is 2.11. The van der Waals surface area contributed by atoms with Gasteiger partial charge in [0.25, 0.3) is 0 Å². The molecule has 0 aliphatic heterocycles. The number of hydrogen-bond donors (Lipinski definition) is 2. The molecule has 0 aliphatic rings. The van der Waals surface area contributed by atoms with E-state index in [9.17, 15) is 9.59 Å². The van der Waals surface area contributed by atoms with Gasteiger partial charge in [0.05, 0.1) is 11.0 Å². The number of nitrogens with zero attached hydrogens (tertiary/aromatic N) is 2. The van der Waals surface area contributed by atoms with Gasteiger partial charge in [-0.3, -0.25) is 13.9 Å². The lowest BCUT2D eigenvalue weighted by atomic mass is 10.2. The summed E-state index contributed by atoms with van der Waals surface area (Å²) in [6.45, 7) is 4.08. The van der Waals surface area contributed by atoms with Crippen molar-refractivity contribution in [1.29, 1.82) is 0 Å². The first-order valence-electron chi connectivity index (χ1n) is 8.84. The third-order valence-electron chi connectivity index (χ3n) is 4.40. The van der Waals surface area contributed by atoms with Crippen molar-refractivity contribution in [2.75, 3.05) is 11.9 Å². The summed E-state index contributed by atoms with van der Waals surface area (Å²) in [5.41, 5.74) is 3.51. The lowest BCUT2D eigenvalue weighted by Crippen LogP contribution is -2.24. The Balaban J connectivity index is 1.67. The Morgan fingerprint density at radius 1 is 1.08 bits per heavy atom. The second-order valence-corrected chi connectivity index (χ2v) is 6.26. The molecule has 1 amide bonds. The van der Waals surface area contributed by atoms with Crippen molar-refractivity contribution in [3.63, 3.8) is 0 Å². The van der Waals surface area contributed by atoms with E-state index in [1.54, 1.807) is 16.2 Å². The van der Waals surface area contributed by atoms with Crippen LogP contribution in [0.1, 0.15) is 18.9 Å². The van der Waals surface area contributed by atoms with Gasteiger partial charge in [-0.2, -0.15) is 0 Å². The summed E-state index contributed by atoms with van der Waals surface area (Å²) in [4.78, 5) is 24.7. The van der Waals surface area contributed by atoms with Crippen molar-refractivity contribution in [1.82, 2.24) is 14.5 Å². The minimum absolute atomic E-state index is 0.105. The Bertz CT molecular complexity index is 971. The van der Waals surface area contributed by atoms with Gasteiger partial charge in [-0.15, -0.1) is 0 Å². The van der Waals surface area contributed by atoms with Crippen molar-refractivity contribution in [2.45, 2.75) is 26.4 Å². The number of carbonyl (C=O) groups is 1. The highest BCUT2D eigenvalue weighted by Crippen LogP contribution is 2.13. The number of nitrogens with one attached hydrogen (secondary N) is 2. The van der Waals surface area contributed by atoms with Crippen molar-refractivity contribution in [2.24, 2.45) is 7.05 Å². The smallest absolute Gasteiger partial charge is 0.326 e. The number of aromatic nitrogens is 2. The largest absolute Gasteiger partial charge is 0.328 e. The summed E-state index contributed by atoms with van der Waals surface area (Å²) in [6, 6.07) is 15.4. The Kier molecular flexibility index (Phi) is 5.53. The standard InChI is InChI=1S/C20H24N4O2/c1-3-21-14-15-7-6-8-16(13-15)22-19(25)11-12-24-18-10-5-4-9-17(18)23(2)20(24)26/h4-10,13,21H,3,11-12,14H2,1-2H3,(H,22,25). The Labute approximate surface area is 152 Å². The van der Waals surface area contributed by atoms with E-state index < -0.39 is 0 Å². The molecular formula is C20H24N4O2. The van der Waals surface area contributed by atoms with Crippen LogP contribution >= 0.6 is 0 Å². The molecule has 0 spiro atoms. The quantitative estimate of drug-likeness (QED) is 0.686. The van der Waals surface area contributed by atoms with Gasteiger partial charge in [-0.1, -0.05) is 31.2 Å². The van der Waals surface area contributed by atoms with E-state index in [1.165, 1.54) is 0 Å². The summed E-state index contributed by atoms with van der Waals surface area (Å²) in [5.74, 6) is -0.106. The predicted octanol–water partition coefficient (Wildman–Crippen LogP) is 2.48. The summed E-state index contributed by atoms with van der Waals surface area (Å²) in [6.07, 6.45) is 0.241. The normalized spacial score (nSPS) is 11.0. The molecule has 0 aliphatic carbocycles. The van der Waals surface area contributed by atoms with Gasteiger partial charge in [0.15, 0.2) is 0 Å². The monoisotopic (exact) mass is 352 g/mol. The van der Waals surface area contributed by atoms with Crippen LogP contribution in [0.4, 0.5) is 5.69 Å². The van der Waals surface area contributed by atoms with E-state index in [0.717, 1.165) is 35.4 Å². The van der Waals surface area contributed by atoms with Gasteiger partial charge in [0.2, 0.25) is 5.91 Å². The van der Waals surface area contributed by atoms with Gasteiger partial charge < -0.3 is 10.6 Å². The van der Waals surface area contributed by atoms with Crippen LogP contribution < -0.4 is 16.3 Å². The zero-order valence-corrected chi connectivity index (χ0v) is 15.2. The number of para-hydroxylation sites is 2. The number of anilines is 1. The molecule has 0 saturated heterocycles. The summed E-state index contributed by atoms with van der Waals surface area (Å²) in [7, 11) is 1.75. The van der Waals surface area contributed by atoms with Crippen LogP contribution in [-0.4, -0.2) is 21.6 Å². The SMILES string of the molecule is CCNCc1cccc(NC(=O)CCn2c(=O)n(C)c3ccccc32)c1. The highest BCUT2D eigenvalue weighted by molar-refractivity contribution is 5.90. The first-order chi connectivity index (χ1) is 12.6. The van der Waals surface area contributed by atoms with Gasteiger partial charge in [0.1, 0.15) is 0 Å². The molecule has 0 fully saturated rings. The van der Waals surface area contributed by atoms with Crippen LogP contribution in [0.5, 0.6) is 0 Å². The number of amides is 1. The summed E-state index contributed by atoms with van der Waals surface area (Å²) >= 11 is 0. The Morgan fingerprint density at radius 3 is 2.62 bits per heavy atom. The average molecular weight is 352 g/mol. The number of carbonyl (C=O) groups excluding carboxylic acids is 1. The third kappa shape index (κ3) is 3.86. The van der Waals surface area contributed by atoms with Crippen LogP contribution in [0.3, 0.4) is 0 Å². The molecule has 1 aromatic heterocycles. The molecule has 136 valence electrons. The lowest BCUT2D eigenvalue weighted by Gasteiger charge is -2.08. The first kappa shape index (κ1) is 17.9. The fourth-order valence-corrected chi connectivity index (χ4v) is 3.04. The molecule has 2 N–H and O–H groups in total. The van der Waals surface area contributed by atoms with Crippen LogP contribution in [0, 0.1) is 0 Å². The van der Waals surface area contributed by atoms with E-state index >= 15 is 0 Å². The second kappa shape index (κ2) is 8.01. The molecule has 0 radical (unpaired) electrons. The van der Waals surface area contributed by atoms with Gasteiger partial charge >= 0.3 is 5.69 Å². The maximum atomic E-state index is 12.4. The number of aryl methyl sites for hydroxylation is 2. The fraction of sp³-hybridized carbons (Fsp3) is 0.300. The Morgan fingerprint density at radius 2 is 1.85 bits per heavy atom. The minimum Gasteiger partial charge on any atom is -0.326 e. The van der Waals surface area contributed by atoms with Crippen molar-refractivity contribution < 1.29 is 4.79 Å². The van der Waals surface area contributed by atoms with Crippen molar-refractivity contribution in [3.05, 3.63) is 64.6 Å². The van der Waals surface area contributed by atoms with Crippen molar-refractivity contribution >= 4 is 22.6 Å². The maximum absolute atomic E-state index is 12.4. The molecule has 0 unspecified atom stereocenters. The molecular weight excluding hydrogens is 328 g/mol. The van der Waals surface area contributed by atoms with Gasteiger partial charge in [-0.05, 0) is 36.4 Å². The second-order valence-electron chi connectivity index (χ2n) is 6.26. The summed E-state index contributed by atoms with van der Waals surface area (Å²) in [5, 5.41) is 6.18. The molecule has 26 heavy (non-hydrogen) atoms. The predicted molar refractivity (Wildman–Crippen MR) is 104 cm³/mol. The molecule has 0 atom stereocenters. The topological polar surface area (TPSA) is 68.1 Å². The molecule has 1 heterocycles. The van der Waals surface area contributed by atoms with Crippen LogP contribution in [-0.2, 0) is 24.9 Å². The number of benzene rings is 2. The van der Waals surface area contributed by atoms with E-state index in [0.29, 0.717) is 6.54 Å². The molecule has 6 nitrogen and oxygen atoms in total. The van der Waals surface area contributed by atoms with Crippen LogP contribution in [0.2, 0.25) is 0 Å². The molecule has 0 bridgehead atoms. The first-order valence-corrected chi connectivity index (χ1v) is 8.84.